The van der Waals surface area contributed by atoms with E-state index in [1.54, 1.807) is 0 Å². The van der Waals surface area contributed by atoms with Crippen LogP contribution in [0, 0.1) is 20.8 Å². The van der Waals surface area contributed by atoms with Crippen molar-refractivity contribution in [3.8, 4) is 0 Å². The second-order valence-corrected chi connectivity index (χ2v) is 6.29. The van der Waals surface area contributed by atoms with E-state index in [0.717, 1.165) is 39.4 Å². The van der Waals surface area contributed by atoms with Crippen molar-refractivity contribution in [3.63, 3.8) is 0 Å². The van der Waals surface area contributed by atoms with Gasteiger partial charge in [0, 0.05) is 32.1 Å². The van der Waals surface area contributed by atoms with Gasteiger partial charge in [0.1, 0.15) is 0 Å². The molecule has 116 valence electrons. The molecule has 0 aliphatic rings. The summed E-state index contributed by atoms with van der Waals surface area (Å²) < 4.78 is 4.82. The quantitative estimate of drug-likeness (QED) is 0.897. The van der Waals surface area contributed by atoms with Crippen LogP contribution >= 0.6 is 15.9 Å². The van der Waals surface area contributed by atoms with Crippen LogP contribution in [0.2, 0.25) is 0 Å². The molecule has 21 heavy (non-hydrogen) atoms. The molecule has 1 unspecified atom stereocenters. The molecule has 0 saturated heterocycles. The number of aliphatic hydroxyl groups is 1. The monoisotopic (exact) mass is 354 g/mol. The maximum absolute atomic E-state index is 10.5. The van der Waals surface area contributed by atoms with E-state index in [4.69, 9.17) is 0 Å². The zero-order valence-electron chi connectivity index (χ0n) is 13.3. The van der Waals surface area contributed by atoms with E-state index < -0.39 is 6.10 Å². The number of nitrogens with zero attached hydrogens (tertiary/aromatic N) is 4. The molecule has 0 radical (unpaired) electrons. The minimum atomic E-state index is -0.440. The van der Waals surface area contributed by atoms with Crippen LogP contribution in [0.25, 0.3) is 0 Å². The van der Waals surface area contributed by atoms with Gasteiger partial charge in [-0.15, -0.1) is 0 Å². The van der Waals surface area contributed by atoms with Gasteiger partial charge in [0.05, 0.1) is 27.7 Å². The van der Waals surface area contributed by atoms with E-state index in [-0.39, 0.29) is 0 Å². The second kappa shape index (κ2) is 6.32. The van der Waals surface area contributed by atoms with Gasteiger partial charge < -0.3 is 5.11 Å². The summed E-state index contributed by atoms with van der Waals surface area (Å²) in [6.45, 7) is 8.87. The van der Waals surface area contributed by atoms with Crippen molar-refractivity contribution in [3.05, 3.63) is 32.8 Å². The summed E-state index contributed by atoms with van der Waals surface area (Å²) >= 11 is 3.58. The van der Waals surface area contributed by atoms with Gasteiger partial charge in [-0.05, 0) is 49.2 Å². The Balaban J connectivity index is 2.17. The van der Waals surface area contributed by atoms with E-state index in [1.807, 2.05) is 37.2 Å². The highest BCUT2D eigenvalue weighted by Crippen LogP contribution is 2.24. The lowest BCUT2D eigenvalue weighted by Gasteiger charge is -2.13. The first-order valence-corrected chi connectivity index (χ1v) is 8.03. The van der Waals surface area contributed by atoms with E-state index in [1.165, 1.54) is 0 Å². The van der Waals surface area contributed by atoms with Crippen molar-refractivity contribution < 1.29 is 5.11 Å². The van der Waals surface area contributed by atoms with Crippen LogP contribution in [0.3, 0.4) is 0 Å². The largest absolute Gasteiger partial charge is 0.392 e. The molecule has 0 bridgehead atoms. The average Bonchev–Trinajstić information content (AvgIpc) is 2.83. The fraction of sp³-hybridized carbons (Fsp3) is 0.600. The molecule has 0 aliphatic heterocycles. The Kier molecular flexibility index (Phi) is 4.88. The van der Waals surface area contributed by atoms with Gasteiger partial charge in [-0.1, -0.05) is 0 Å². The van der Waals surface area contributed by atoms with Crippen molar-refractivity contribution in [1.82, 2.24) is 19.6 Å². The predicted molar refractivity (Wildman–Crippen MR) is 86.4 cm³/mol. The Morgan fingerprint density at radius 3 is 2.33 bits per heavy atom. The number of hydrogen-bond donors (Lipinski definition) is 1. The average molecular weight is 355 g/mol. The van der Waals surface area contributed by atoms with Crippen molar-refractivity contribution >= 4 is 15.9 Å². The minimum absolute atomic E-state index is 0.440. The summed E-state index contributed by atoms with van der Waals surface area (Å²) in [4.78, 5) is 0. The molecule has 1 N–H and O–H groups in total. The molecule has 0 fully saturated rings. The third-order valence-electron chi connectivity index (χ3n) is 3.98. The summed E-state index contributed by atoms with van der Waals surface area (Å²) in [5.74, 6) is 0. The van der Waals surface area contributed by atoms with Gasteiger partial charge >= 0.3 is 0 Å². The number of hydrogen-bond acceptors (Lipinski definition) is 3. The van der Waals surface area contributed by atoms with Gasteiger partial charge in [0.2, 0.25) is 0 Å². The highest BCUT2D eigenvalue weighted by atomic mass is 79.9. The number of aryl methyl sites for hydroxylation is 4. The highest BCUT2D eigenvalue weighted by Gasteiger charge is 2.19. The number of aliphatic hydroxyl groups excluding tert-OH is 1. The van der Waals surface area contributed by atoms with Gasteiger partial charge in [-0.3, -0.25) is 9.36 Å². The van der Waals surface area contributed by atoms with Crippen molar-refractivity contribution in [2.75, 3.05) is 0 Å². The maximum Gasteiger partial charge on any atom is 0.0738 e. The molecule has 0 amide bonds. The number of rotatable bonds is 5. The van der Waals surface area contributed by atoms with Gasteiger partial charge in [0.25, 0.3) is 0 Å². The second-order valence-electron chi connectivity index (χ2n) is 5.50. The molecule has 6 heteroatoms. The molecule has 2 heterocycles. The van der Waals surface area contributed by atoms with Crippen molar-refractivity contribution in [2.24, 2.45) is 7.05 Å². The Labute approximate surface area is 134 Å². The molecular weight excluding hydrogens is 332 g/mol. The zero-order chi connectivity index (χ0) is 15.7. The van der Waals surface area contributed by atoms with Gasteiger partial charge in [-0.25, -0.2) is 0 Å². The fourth-order valence-corrected chi connectivity index (χ4v) is 3.15. The maximum atomic E-state index is 10.5. The van der Waals surface area contributed by atoms with Crippen molar-refractivity contribution in [1.29, 1.82) is 0 Å². The minimum Gasteiger partial charge on any atom is -0.392 e. The van der Waals surface area contributed by atoms with Crippen LogP contribution < -0.4 is 0 Å². The number of halogens is 1. The zero-order valence-corrected chi connectivity index (χ0v) is 14.9. The summed E-state index contributed by atoms with van der Waals surface area (Å²) in [5.41, 5.74) is 5.27. The Morgan fingerprint density at radius 1 is 1.14 bits per heavy atom. The van der Waals surface area contributed by atoms with Crippen LogP contribution in [0.1, 0.15) is 35.3 Å². The van der Waals surface area contributed by atoms with Gasteiger partial charge in [-0.2, -0.15) is 10.2 Å². The van der Waals surface area contributed by atoms with E-state index in [0.29, 0.717) is 12.8 Å². The molecule has 0 spiro atoms. The predicted octanol–water partition coefficient (Wildman–Crippen LogP) is 2.47. The molecule has 0 aliphatic carbocycles. The summed E-state index contributed by atoms with van der Waals surface area (Å²) in [5, 5.41) is 19.3. The fourth-order valence-electron chi connectivity index (χ4n) is 2.71. The van der Waals surface area contributed by atoms with Gasteiger partial charge in [0.15, 0.2) is 0 Å². The molecule has 2 aromatic rings. The molecule has 0 saturated carbocycles. The van der Waals surface area contributed by atoms with Crippen molar-refractivity contribution in [2.45, 2.75) is 53.2 Å². The third-order valence-corrected chi connectivity index (χ3v) is 5.01. The lowest BCUT2D eigenvalue weighted by atomic mass is 10.0. The van der Waals surface area contributed by atoms with E-state index in [2.05, 4.69) is 33.1 Å². The van der Waals surface area contributed by atoms with E-state index in [9.17, 15) is 5.11 Å². The Morgan fingerprint density at radius 2 is 1.81 bits per heavy atom. The topological polar surface area (TPSA) is 55.9 Å². The van der Waals surface area contributed by atoms with Crippen LogP contribution in [0.15, 0.2) is 4.47 Å². The molecule has 2 rings (SSSR count). The SMILES string of the molecule is CCn1nc(C)c(Br)c1CC(O)Cc1c(C)nn(C)c1C. The standard InChI is InChI=1S/C15H23BrN4O/c1-6-20-14(15(16)10(3)18-20)8-12(21)7-13-9(2)17-19(5)11(13)4/h12,21H,6-8H2,1-5H3. The lowest BCUT2D eigenvalue weighted by Crippen LogP contribution is -2.18. The number of aromatic nitrogens is 4. The summed E-state index contributed by atoms with van der Waals surface area (Å²) in [6.07, 6.45) is 0.763. The highest BCUT2D eigenvalue weighted by molar-refractivity contribution is 9.10. The first-order chi connectivity index (χ1) is 9.85. The molecular formula is C15H23BrN4O. The summed E-state index contributed by atoms with van der Waals surface area (Å²) in [6, 6.07) is 0. The first kappa shape index (κ1) is 16.2. The molecule has 5 nitrogen and oxygen atoms in total. The Bertz CT molecular complexity index is 645. The molecule has 2 aromatic heterocycles. The third kappa shape index (κ3) is 3.21. The first-order valence-electron chi connectivity index (χ1n) is 7.24. The Hall–Kier alpha value is -1.14. The van der Waals surface area contributed by atoms with Crippen LogP contribution in [-0.4, -0.2) is 30.8 Å². The normalized spacial score (nSPS) is 12.9. The lowest BCUT2D eigenvalue weighted by molar-refractivity contribution is 0.172. The van der Waals surface area contributed by atoms with Crippen LogP contribution in [-0.2, 0) is 26.4 Å². The molecule has 0 aromatic carbocycles. The van der Waals surface area contributed by atoms with E-state index >= 15 is 0 Å². The smallest absolute Gasteiger partial charge is 0.0738 e. The van der Waals surface area contributed by atoms with Crippen LogP contribution in [0.5, 0.6) is 0 Å². The van der Waals surface area contributed by atoms with Crippen LogP contribution in [0.4, 0.5) is 0 Å². The molecule has 1 atom stereocenters. The summed E-state index contributed by atoms with van der Waals surface area (Å²) in [7, 11) is 1.93.